The van der Waals surface area contributed by atoms with Crippen molar-refractivity contribution in [3.05, 3.63) is 29.6 Å². The zero-order chi connectivity index (χ0) is 13.4. The molecule has 4 heteroatoms. The maximum Gasteiger partial charge on any atom is 0.165 e. The van der Waals surface area contributed by atoms with Crippen LogP contribution < -0.4 is 16.0 Å². The van der Waals surface area contributed by atoms with Gasteiger partial charge in [0, 0.05) is 6.04 Å². The van der Waals surface area contributed by atoms with Crippen molar-refractivity contribution in [1.82, 2.24) is 5.43 Å². The Kier molecular flexibility index (Phi) is 6.68. The number of rotatable bonds is 8. The molecule has 0 amide bonds. The second-order valence-electron chi connectivity index (χ2n) is 4.46. The molecule has 1 unspecified atom stereocenters. The Morgan fingerprint density at radius 2 is 2.11 bits per heavy atom. The molecule has 1 aromatic carbocycles. The van der Waals surface area contributed by atoms with Crippen LogP contribution in [0, 0.1) is 5.82 Å². The Hall–Kier alpha value is -1.13. The monoisotopic (exact) mass is 254 g/mol. The standard InChI is InChI=1S/C14H23FN2O/c1-3-4-5-6-7-13(17-16)11-8-9-14(18-2)12(15)10-11/h8-10,13,17H,3-7,16H2,1-2H3. The molecule has 0 saturated carbocycles. The molecular formula is C14H23FN2O. The van der Waals surface area contributed by atoms with Gasteiger partial charge in [0.25, 0.3) is 0 Å². The highest BCUT2D eigenvalue weighted by atomic mass is 19.1. The molecule has 0 aliphatic heterocycles. The first-order valence-corrected chi connectivity index (χ1v) is 6.52. The van der Waals surface area contributed by atoms with E-state index < -0.39 is 0 Å². The lowest BCUT2D eigenvalue weighted by Crippen LogP contribution is -2.28. The molecule has 0 spiro atoms. The third-order valence-electron chi connectivity index (χ3n) is 3.13. The van der Waals surface area contributed by atoms with E-state index in [0.29, 0.717) is 0 Å². The lowest BCUT2D eigenvalue weighted by molar-refractivity contribution is 0.385. The van der Waals surface area contributed by atoms with Crippen molar-refractivity contribution in [3.8, 4) is 5.75 Å². The molecule has 0 fully saturated rings. The Bertz CT molecular complexity index is 358. The average Bonchev–Trinajstić information content (AvgIpc) is 2.39. The van der Waals surface area contributed by atoms with Gasteiger partial charge >= 0.3 is 0 Å². The van der Waals surface area contributed by atoms with Gasteiger partial charge in [-0.3, -0.25) is 11.3 Å². The summed E-state index contributed by atoms with van der Waals surface area (Å²) in [7, 11) is 1.46. The molecule has 1 aromatic rings. The molecule has 1 atom stereocenters. The lowest BCUT2D eigenvalue weighted by atomic mass is 10.0. The van der Waals surface area contributed by atoms with E-state index in [1.807, 2.05) is 6.07 Å². The largest absolute Gasteiger partial charge is 0.494 e. The Balaban J connectivity index is 2.61. The molecule has 0 aliphatic rings. The summed E-state index contributed by atoms with van der Waals surface area (Å²) in [5, 5.41) is 0. The van der Waals surface area contributed by atoms with Crippen LogP contribution in [0.3, 0.4) is 0 Å². The van der Waals surface area contributed by atoms with Gasteiger partial charge in [0.15, 0.2) is 11.6 Å². The molecular weight excluding hydrogens is 231 g/mol. The fraction of sp³-hybridized carbons (Fsp3) is 0.571. The number of nitrogens with two attached hydrogens (primary N) is 1. The summed E-state index contributed by atoms with van der Waals surface area (Å²) in [4.78, 5) is 0. The summed E-state index contributed by atoms with van der Waals surface area (Å²) in [6.45, 7) is 2.18. The zero-order valence-electron chi connectivity index (χ0n) is 11.2. The first-order chi connectivity index (χ1) is 8.72. The second-order valence-corrected chi connectivity index (χ2v) is 4.46. The third kappa shape index (κ3) is 4.27. The van der Waals surface area contributed by atoms with Crippen LogP contribution >= 0.6 is 0 Å². The number of unbranched alkanes of at least 4 members (excludes halogenated alkanes) is 3. The highest BCUT2D eigenvalue weighted by molar-refractivity contribution is 5.30. The van der Waals surface area contributed by atoms with Gasteiger partial charge in [0.2, 0.25) is 0 Å². The molecule has 0 heterocycles. The maximum absolute atomic E-state index is 13.6. The number of hydrogen-bond donors (Lipinski definition) is 2. The van der Waals surface area contributed by atoms with Crippen molar-refractivity contribution in [2.45, 2.75) is 45.1 Å². The third-order valence-corrected chi connectivity index (χ3v) is 3.13. The number of hydrogen-bond acceptors (Lipinski definition) is 3. The van der Waals surface area contributed by atoms with E-state index in [0.717, 1.165) is 18.4 Å². The number of methoxy groups -OCH3 is 1. The topological polar surface area (TPSA) is 47.3 Å². The van der Waals surface area contributed by atoms with Crippen LogP contribution in [0.4, 0.5) is 4.39 Å². The number of ether oxygens (including phenoxy) is 1. The SMILES string of the molecule is CCCCCCC(NN)c1ccc(OC)c(F)c1. The van der Waals surface area contributed by atoms with Crippen molar-refractivity contribution < 1.29 is 9.13 Å². The van der Waals surface area contributed by atoms with Crippen molar-refractivity contribution in [2.75, 3.05) is 7.11 Å². The Labute approximate surface area is 108 Å². The maximum atomic E-state index is 13.6. The highest BCUT2D eigenvalue weighted by Gasteiger charge is 2.12. The number of nitrogens with one attached hydrogen (secondary N) is 1. The molecule has 0 radical (unpaired) electrons. The van der Waals surface area contributed by atoms with Crippen molar-refractivity contribution in [2.24, 2.45) is 5.84 Å². The predicted molar refractivity (Wildman–Crippen MR) is 71.8 cm³/mol. The molecule has 0 saturated heterocycles. The predicted octanol–water partition coefficient (Wildman–Crippen LogP) is 3.31. The van der Waals surface area contributed by atoms with Gasteiger partial charge in [0.1, 0.15) is 0 Å². The lowest BCUT2D eigenvalue weighted by Gasteiger charge is -2.17. The number of halogens is 1. The second kappa shape index (κ2) is 8.06. The molecule has 1 rings (SSSR count). The minimum Gasteiger partial charge on any atom is -0.494 e. The minimum atomic E-state index is -0.344. The van der Waals surface area contributed by atoms with Crippen molar-refractivity contribution >= 4 is 0 Å². The molecule has 0 aromatic heterocycles. The first-order valence-electron chi connectivity index (χ1n) is 6.52. The molecule has 3 nitrogen and oxygen atoms in total. The van der Waals surface area contributed by atoms with E-state index in [9.17, 15) is 4.39 Å². The van der Waals surface area contributed by atoms with Gasteiger partial charge in [-0.1, -0.05) is 38.7 Å². The number of hydrazine groups is 1. The van der Waals surface area contributed by atoms with Crippen LogP contribution in [0.5, 0.6) is 5.75 Å². The van der Waals surface area contributed by atoms with Crippen LogP contribution in [0.2, 0.25) is 0 Å². The Morgan fingerprint density at radius 3 is 2.67 bits per heavy atom. The zero-order valence-corrected chi connectivity index (χ0v) is 11.2. The summed E-state index contributed by atoms with van der Waals surface area (Å²) in [5.41, 5.74) is 3.62. The summed E-state index contributed by atoms with van der Waals surface area (Å²) in [6, 6.07) is 4.98. The van der Waals surface area contributed by atoms with Crippen LogP contribution in [0.15, 0.2) is 18.2 Å². The minimum absolute atomic E-state index is 0.00209. The van der Waals surface area contributed by atoms with Gasteiger partial charge in [0.05, 0.1) is 7.11 Å². The summed E-state index contributed by atoms with van der Waals surface area (Å²) >= 11 is 0. The van der Waals surface area contributed by atoms with Crippen LogP contribution in [-0.2, 0) is 0 Å². The van der Waals surface area contributed by atoms with E-state index in [1.165, 1.54) is 32.4 Å². The van der Waals surface area contributed by atoms with Crippen LogP contribution in [-0.4, -0.2) is 7.11 Å². The van der Waals surface area contributed by atoms with Gasteiger partial charge in [-0.2, -0.15) is 0 Å². The van der Waals surface area contributed by atoms with Crippen LogP contribution in [0.25, 0.3) is 0 Å². The number of benzene rings is 1. The van der Waals surface area contributed by atoms with E-state index in [4.69, 9.17) is 10.6 Å². The van der Waals surface area contributed by atoms with Gasteiger partial charge < -0.3 is 4.74 Å². The Morgan fingerprint density at radius 1 is 1.33 bits per heavy atom. The smallest absolute Gasteiger partial charge is 0.165 e. The van der Waals surface area contributed by atoms with E-state index in [2.05, 4.69) is 12.3 Å². The fourth-order valence-corrected chi connectivity index (χ4v) is 2.02. The molecule has 3 N–H and O–H groups in total. The molecule has 102 valence electrons. The van der Waals surface area contributed by atoms with Crippen molar-refractivity contribution in [3.63, 3.8) is 0 Å². The normalized spacial score (nSPS) is 12.4. The fourth-order valence-electron chi connectivity index (χ4n) is 2.02. The van der Waals surface area contributed by atoms with Gasteiger partial charge in [-0.15, -0.1) is 0 Å². The highest BCUT2D eigenvalue weighted by Crippen LogP contribution is 2.24. The molecule has 0 aliphatic carbocycles. The molecule has 0 bridgehead atoms. The van der Waals surface area contributed by atoms with Gasteiger partial charge in [-0.05, 0) is 24.1 Å². The quantitative estimate of drug-likeness (QED) is 0.425. The van der Waals surface area contributed by atoms with E-state index in [-0.39, 0.29) is 17.6 Å². The molecule has 18 heavy (non-hydrogen) atoms. The summed E-state index contributed by atoms with van der Waals surface area (Å²) in [6.07, 6.45) is 5.64. The van der Waals surface area contributed by atoms with E-state index in [1.54, 1.807) is 6.07 Å². The van der Waals surface area contributed by atoms with Crippen LogP contribution in [0.1, 0.15) is 50.6 Å². The summed E-state index contributed by atoms with van der Waals surface area (Å²) < 4.78 is 18.5. The summed E-state index contributed by atoms with van der Waals surface area (Å²) in [5.74, 6) is 5.46. The van der Waals surface area contributed by atoms with E-state index >= 15 is 0 Å². The van der Waals surface area contributed by atoms with Gasteiger partial charge in [-0.25, -0.2) is 4.39 Å². The van der Waals surface area contributed by atoms with Crippen molar-refractivity contribution in [1.29, 1.82) is 0 Å². The average molecular weight is 254 g/mol. The first kappa shape index (κ1) is 14.9.